The van der Waals surface area contributed by atoms with Crippen molar-refractivity contribution in [1.82, 2.24) is 4.90 Å². The molecule has 2 aromatic carbocycles. The number of anilines is 1. The molecule has 0 radical (unpaired) electrons. The van der Waals surface area contributed by atoms with Gasteiger partial charge in [0.2, 0.25) is 6.10 Å². The molecule has 2 amide bonds. The van der Waals surface area contributed by atoms with Crippen LogP contribution in [0, 0.1) is 5.82 Å². The Bertz CT molecular complexity index is 913. The highest BCUT2D eigenvalue weighted by atomic mass is 19.1. The molecule has 158 valence electrons. The van der Waals surface area contributed by atoms with Crippen LogP contribution in [0.15, 0.2) is 48.5 Å². The van der Waals surface area contributed by atoms with Crippen LogP contribution in [0.3, 0.4) is 0 Å². The van der Waals surface area contributed by atoms with Crippen molar-refractivity contribution in [1.29, 1.82) is 0 Å². The highest BCUT2D eigenvalue weighted by Crippen LogP contribution is 2.31. The first kappa shape index (κ1) is 20.2. The number of hydrogen-bond donors (Lipinski definition) is 2. The molecule has 2 aromatic rings. The van der Waals surface area contributed by atoms with Crippen molar-refractivity contribution < 1.29 is 28.4 Å². The first-order valence-electron chi connectivity index (χ1n) is 10.1. The first-order chi connectivity index (χ1) is 14.5. The number of nitrogens with one attached hydrogen (secondary N) is 2. The lowest BCUT2D eigenvalue weighted by molar-refractivity contribution is -0.917. The maximum absolute atomic E-state index is 13.0. The highest BCUT2D eigenvalue weighted by Gasteiger charge is 2.35. The van der Waals surface area contributed by atoms with Gasteiger partial charge < -0.3 is 24.6 Å². The quantitative estimate of drug-likeness (QED) is 0.774. The van der Waals surface area contributed by atoms with Crippen molar-refractivity contribution in [2.24, 2.45) is 0 Å². The number of halogens is 1. The van der Waals surface area contributed by atoms with Gasteiger partial charge in [-0.05, 0) is 43.3 Å². The van der Waals surface area contributed by atoms with Gasteiger partial charge in [-0.1, -0.05) is 12.1 Å². The lowest BCUT2D eigenvalue weighted by Gasteiger charge is -2.36. The molecule has 0 spiro atoms. The smallest absolute Gasteiger partial charge is 0.282 e. The third kappa shape index (κ3) is 4.38. The van der Waals surface area contributed by atoms with Crippen LogP contribution in [0.2, 0.25) is 0 Å². The van der Waals surface area contributed by atoms with Gasteiger partial charge >= 0.3 is 0 Å². The molecule has 7 nitrogen and oxygen atoms in total. The number of piperazine rings is 1. The van der Waals surface area contributed by atoms with Gasteiger partial charge in [0, 0.05) is 5.69 Å². The summed E-state index contributed by atoms with van der Waals surface area (Å²) in [5, 5.41) is 2.82. The highest BCUT2D eigenvalue weighted by molar-refractivity contribution is 5.93. The molecule has 1 saturated heterocycles. The van der Waals surface area contributed by atoms with E-state index in [-0.39, 0.29) is 30.3 Å². The molecular weight excluding hydrogens is 389 g/mol. The van der Waals surface area contributed by atoms with Crippen LogP contribution < -0.4 is 19.7 Å². The lowest BCUT2D eigenvalue weighted by atomic mass is 10.2. The number of carbonyl (C=O) groups excluding carboxylic acids is 2. The number of benzene rings is 2. The Balaban J connectivity index is 1.28. The van der Waals surface area contributed by atoms with Crippen molar-refractivity contribution >= 4 is 17.5 Å². The Morgan fingerprint density at radius 2 is 1.77 bits per heavy atom. The summed E-state index contributed by atoms with van der Waals surface area (Å²) >= 11 is 0. The van der Waals surface area contributed by atoms with Gasteiger partial charge in [0.15, 0.2) is 17.5 Å². The second-order valence-electron chi connectivity index (χ2n) is 7.57. The molecule has 0 unspecified atom stereocenters. The van der Waals surface area contributed by atoms with Crippen molar-refractivity contribution in [2.45, 2.75) is 19.1 Å². The van der Waals surface area contributed by atoms with Crippen molar-refractivity contribution in [3.8, 4) is 11.5 Å². The monoisotopic (exact) mass is 414 g/mol. The number of carbonyl (C=O) groups is 2. The second kappa shape index (κ2) is 8.71. The maximum atomic E-state index is 13.0. The molecule has 0 aliphatic carbocycles. The fraction of sp³-hybridized carbons (Fsp3) is 0.364. The van der Waals surface area contributed by atoms with Crippen molar-refractivity contribution in [3.05, 3.63) is 54.3 Å². The average molecular weight is 414 g/mol. The number of para-hydroxylation sites is 2. The van der Waals surface area contributed by atoms with E-state index in [4.69, 9.17) is 9.47 Å². The minimum Gasteiger partial charge on any atom is -0.485 e. The van der Waals surface area contributed by atoms with E-state index in [1.807, 2.05) is 25.1 Å². The summed E-state index contributed by atoms with van der Waals surface area (Å²) in [5.74, 6) is 0.668. The summed E-state index contributed by atoms with van der Waals surface area (Å²) in [6, 6.07) is 12.7. The minimum atomic E-state index is -0.652. The Labute approximate surface area is 174 Å². The van der Waals surface area contributed by atoms with Gasteiger partial charge in [0.25, 0.3) is 11.8 Å². The van der Waals surface area contributed by atoms with Gasteiger partial charge in [-0.25, -0.2) is 4.39 Å². The van der Waals surface area contributed by atoms with E-state index in [1.165, 1.54) is 24.3 Å². The molecule has 0 bridgehead atoms. The van der Waals surface area contributed by atoms with E-state index >= 15 is 0 Å². The number of fused-ring (bicyclic) bond motifs is 1. The summed E-state index contributed by atoms with van der Waals surface area (Å²) in [5.41, 5.74) is 0.566. The predicted molar refractivity (Wildman–Crippen MR) is 108 cm³/mol. The number of hydrogen-bond acceptors (Lipinski definition) is 4. The van der Waals surface area contributed by atoms with Gasteiger partial charge in [0.1, 0.15) is 12.4 Å². The van der Waals surface area contributed by atoms with Crippen LogP contribution in [0.25, 0.3) is 0 Å². The third-order valence-electron chi connectivity index (χ3n) is 5.62. The van der Waals surface area contributed by atoms with Crippen LogP contribution in [0.5, 0.6) is 11.5 Å². The topological polar surface area (TPSA) is 72.3 Å². The molecule has 2 aliphatic rings. The van der Waals surface area contributed by atoms with E-state index in [9.17, 15) is 14.0 Å². The number of nitrogens with zero attached hydrogens (tertiary/aromatic N) is 1. The number of amides is 2. The molecule has 0 saturated carbocycles. The van der Waals surface area contributed by atoms with Crippen molar-refractivity contribution in [3.63, 3.8) is 0 Å². The SMILES string of the molecule is C[C@H](C(=O)Nc1ccc(F)cc1)[NH+]1CCN(C(=O)[C@H]2COc3ccccc3O2)CC1. The minimum absolute atomic E-state index is 0.0908. The largest absolute Gasteiger partial charge is 0.485 e. The lowest BCUT2D eigenvalue weighted by Crippen LogP contribution is -3.19. The molecule has 1 fully saturated rings. The Morgan fingerprint density at radius 1 is 1.10 bits per heavy atom. The van der Waals surface area contributed by atoms with Crippen LogP contribution in [-0.2, 0) is 9.59 Å². The Kier molecular flexibility index (Phi) is 5.85. The van der Waals surface area contributed by atoms with E-state index < -0.39 is 6.10 Å². The fourth-order valence-electron chi connectivity index (χ4n) is 3.76. The molecule has 2 heterocycles. The molecule has 30 heavy (non-hydrogen) atoms. The molecule has 8 heteroatoms. The first-order valence-corrected chi connectivity index (χ1v) is 10.1. The molecule has 2 atom stereocenters. The normalized spacial score (nSPS) is 19.8. The summed E-state index contributed by atoms with van der Waals surface area (Å²) in [7, 11) is 0. The van der Waals surface area contributed by atoms with Crippen LogP contribution in [0.1, 0.15) is 6.92 Å². The zero-order chi connectivity index (χ0) is 21.1. The second-order valence-corrected chi connectivity index (χ2v) is 7.57. The number of quaternary nitrogens is 1. The summed E-state index contributed by atoms with van der Waals surface area (Å²) in [6.07, 6.45) is -0.652. The van der Waals surface area contributed by atoms with E-state index in [2.05, 4.69) is 5.32 Å². The van der Waals surface area contributed by atoms with Gasteiger partial charge in [-0.2, -0.15) is 0 Å². The molecule has 4 rings (SSSR count). The molecule has 2 N–H and O–H groups in total. The standard InChI is InChI=1S/C22H24FN3O4/c1-15(21(27)24-17-8-6-16(23)7-9-17)25-10-12-26(13-11-25)22(28)20-14-29-18-4-2-3-5-19(18)30-20/h2-9,15,20H,10-14H2,1H3,(H,24,27)/p+1/t15-,20-/m1/s1. The van der Waals surface area contributed by atoms with Crippen molar-refractivity contribution in [2.75, 3.05) is 38.1 Å². The zero-order valence-electron chi connectivity index (χ0n) is 16.8. The fourth-order valence-corrected chi connectivity index (χ4v) is 3.76. The average Bonchev–Trinajstić information content (AvgIpc) is 2.79. The van der Waals surface area contributed by atoms with E-state index in [0.717, 1.165) is 4.90 Å². The molecule has 0 aromatic heterocycles. The third-order valence-corrected chi connectivity index (χ3v) is 5.62. The predicted octanol–water partition coefficient (Wildman–Crippen LogP) is 0.720. The van der Waals surface area contributed by atoms with E-state index in [1.54, 1.807) is 11.0 Å². The summed E-state index contributed by atoms with van der Waals surface area (Å²) in [6.45, 7) is 4.47. The Hall–Kier alpha value is -3.13. The van der Waals surface area contributed by atoms with Gasteiger partial charge in [-0.3, -0.25) is 9.59 Å². The van der Waals surface area contributed by atoms with Crippen LogP contribution in [-0.4, -0.2) is 61.6 Å². The summed E-state index contributed by atoms with van der Waals surface area (Å²) < 4.78 is 24.5. The molecular formula is C22H25FN3O4+. The Morgan fingerprint density at radius 3 is 2.47 bits per heavy atom. The molecule has 2 aliphatic heterocycles. The summed E-state index contributed by atoms with van der Waals surface area (Å²) in [4.78, 5) is 28.3. The number of ether oxygens (including phenoxy) is 2. The van der Waals surface area contributed by atoms with E-state index in [0.29, 0.717) is 43.4 Å². The van der Waals surface area contributed by atoms with Crippen LogP contribution in [0.4, 0.5) is 10.1 Å². The van der Waals surface area contributed by atoms with Gasteiger partial charge in [-0.15, -0.1) is 0 Å². The maximum Gasteiger partial charge on any atom is 0.282 e. The van der Waals surface area contributed by atoms with Gasteiger partial charge in [0.05, 0.1) is 26.2 Å². The zero-order valence-corrected chi connectivity index (χ0v) is 16.8. The van der Waals surface area contributed by atoms with Crippen LogP contribution >= 0.6 is 0 Å². The number of rotatable bonds is 4.